The first-order chi connectivity index (χ1) is 13.6. The van der Waals surface area contributed by atoms with Crippen LogP contribution in [0.4, 0.5) is 0 Å². The van der Waals surface area contributed by atoms with Crippen LogP contribution in [0.1, 0.15) is 16.7 Å². The zero-order valence-electron chi connectivity index (χ0n) is 16.7. The summed E-state index contributed by atoms with van der Waals surface area (Å²) in [6, 6.07) is 9.82. The second-order valence-corrected chi connectivity index (χ2v) is 6.59. The summed E-state index contributed by atoms with van der Waals surface area (Å²) < 4.78 is 16.5. The third-order valence-corrected chi connectivity index (χ3v) is 4.88. The number of amides is 1. The van der Waals surface area contributed by atoms with Gasteiger partial charge in [-0.1, -0.05) is 24.3 Å². The minimum atomic E-state index is 0.0142. The second kappa shape index (κ2) is 8.69. The normalized spacial score (nSPS) is 10.7. The van der Waals surface area contributed by atoms with Gasteiger partial charge >= 0.3 is 0 Å². The van der Waals surface area contributed by atoms with E-state index in [0.29, 0.717) is 36.6 Å². The molecule has 3 aromatic rings. The number of aryl methyl sites for hydroxylation is 1. The molecule has 0 unspecified atom stereocenters. The van der Waals surface area contributed by atoms with Crippen molar-refractivity contribution in [1.82, 2.24) is 10.3 Å². The van der Waals surface area contributed by atoms with Gasteiger partial charge in [0.2, 0.25) is 11.7 Å². The number of carbonyl (C=O) groups excluding carboxylic acids is 1. The minimum absolute atomic E-state index is 0.0142. The van der Waals surface area contributed by atoms with Gasteiger partial charge in [-0.15, -0.1) is 0 Å². The summed E-state index contributed by atoms with van der Waals surface area (Å²) in [5, 5.41) is 3.94. The first-order valence-corrected chi connectivity index (χ1v) is 9.19. The second-order valence-electron chi connectivity index (χ2n) is 6.59. The van der Waals surface area contributed by atoms with Crippen LogP contribution in [-0.2, 0) is 17.6 Å². The fourth-order valence-corrected chi connectivity index (χ4v) is 3.40. The van der Waals surface area contributed by atoms with Crippen LogP contribution >= 0.6 is 0 Å². The van der Waals surface area contributed by atoms with Crippen LogP contribution in [-0.4, -0.2) is 38.8 Å². The molecule has 0 saturated carbocycles. The molecular weight excluding hydrogens is 356 g/mol. The Labute approximate surface area is 164 Å². The van der Waals surface area contributed by atoms with Crippen molar-refractivity contribution >= 4 is 16.8 Å². The van der Waals surface area contributed by atoms with Crippen molar-refractivity contribution in [2.24, 2.45) is 0 Å². The lowest BCUT2D eigenvalue weighted by Crippen LogP contribution is -2.27. The van der Waals surface area contributed by atoms with E-state index in [1.807, 2.05) is 43.5 Å². The summed E-state index contributed by atoms with van der Waals surface area (Å²) >= 11 is 0. The van der Waals surface area contributed by atoms with E-state index < -0.39 is 0 Å². The number of methoxy groups -OCH3 is 3. The molecule has 0 aliphatic carbocycles. The fourth-order valence-electron chi connectivity index (χ4n) is 3.40. The van der Waals surface area contributed by atoms with Crippen molar-refractivity contribution in [3.05, 3.63) is 53.2 Å². The Bertz CT molecular complexity index is 978. The van der Waals surface area contributed by atoms with Crippen molar-refractivity contribution in [3.63, 3.8) is 0 Å². The summed E-state index contributed by atoms with van der Waals surface area (Å²) in [5.41, 5.74) is 4.12. The number of aromatic amines is 1. The maximum absolute atomic E-state index is 12.3. The van der Waals surface area contributed by atoms with Crippen molar-refractivity contribution in [1.29, 1.82) is 0 Å². The Kier molecular flexibility index (Phi) is 6.09. The average Bonchev–Trinajstić information content (AvgIpc) is 3.10. The summed E-state index contributed by atoms with van der Waals surface area (Å²) in [6.07, 6.45) is 2.99. The van der Waals surface area contributed by atoms with Crippen LogP contribution in [0.3, 0.4) is 0 Å². The highest BCUT2D eigenvalue weighted by Crippen LogP contribution is 2.44. The standard InChI is InChI=1S/C22H26N2O4/c1-14-7-5-6-8-15(14)11-19(25)23-10-9-16-13-24-17-12-18(26-2)21(27-3)22(28-4)20(16)17/h5-8,12-13,24H,9-11H2,1-4H3,(H,23,25). The van der Waals surface area contributed by atoms with Crippen LogP contribution in [0.2, 0.25) is 0 Å². The van der Waals surface area contributed by atoms with E-state index in [4.69, 9.17) is 14.2 Å². The lowest BCUT2D eigenvalue weighted by molar-refractivity contribution is -0.120. The molecule has 0 bridgehead atoms. The summed E-state index contributed by atoms with van der Waals surface area (Å²) in [7, 11) is 4.79. The topological polar surface area (TPSA) is 72.6 Å². The van der Waals surface area contributed by atoms with E-state index in [9.17, 15) is 4.79 Å². The smallest absolute Gasteiger partial charge is 0.224 e. The number of rotatable bonds is 8. The van der Waals surface area contributed by atoms with E-state index in [1.165, 1.54) is 0 Å². The van der Waals surface area contributed by atoms with Gasteiger partial charge in [-0.2, -0.15) is 0 Å². The summed E-state index contributed by atoms with van der Waals surface area (Å²) in [4.78, 5) is 15.5. The molecule has 1 heterocycles. The molecule has 0 spiro atoms. The van der Waals surface area contributed by atoms with Crippen LogP contribution in [0, 0.1) is 6.92 Å². The number of carbonyl (C=O) groups is 1. The van der Waals surface area contributed by atoms with Gasteiger partial charge in [-0.05, 0) is 30.0 Å². The molecule has 0 saturated heterocycles. The number of H-pyrrole nitrogens is 1. The Morgan fingerprint density at radius 1 is 1.04 bits per heavy atom. The van der Waals surface area contributed by atoms with Crippen molar-refractivity contribution in [2.45, 2.75) is 19.8 Å². The maximum Gasteiger partial charge on any atom is 0.224 e. The molecule has 148 valence electrons. The minimum Gasteiger partial charge on any atom is -0.493 e. The van der Waals surface area contributed by atoms with Crippen molar-refractivity contribution < 1.29 is 19.0 Å². The zero-order valence-corrected chi connectivity index (χ0v) is 16.7. The third kappa shape index (κ3) is 3.91. The van der Waals surface area contributed by atoms with Crippen LogP contribution in [0.25, 0.3) is 10.9 Å². The van der Waals surface area contributed by atoms with Crippen LogP contribution in [0.5, 0.6) is 17.2 Å². The SMILES string of the molecule is COc1cc2[nH]cc(CCNC(=O)Cc3ccccc3C)c2c(OC)c1OC. The highest BCUT2D eigenvalue weighted by atomic mass is 16.5. The Balaban J connectivity index is 1.73. The predicted molar refractivity (Wildman–Crippen MR) is 110 cm³/mol. The van der Waals surface area contributed by atoms with Gasteiger partial charge in [0.15, 0.2) is 11.5 Å². The van der Waals surface area contributed by atoms with Crippen molar-refractivity contribution in [2.75, 3.05) is 27.9 Å². The molecule has 1 amide bonds. The molecule has 0 fully saturated rings. The Hall–Kier alpha value is -3.15. The Morgan fingerprint density at radius 2 is 1.79 bits per heavy atom. The molecule has 0 aliphatic rings. The van der Waals surface area contributed by atoms with Gasteiger partial charge < -0.3 is 24.5 Å². The molecule has 0 aliphatic heterocycles. The van der Waals surface area contributed by atoms with Crippen LogP contribution < -0.4 is 19.5 Å². The van der Waals surface area contributed by atoms with E-state index in [-0.39, 0.29) is 5.91 Å². The number of fused-ring (bicyclic) bond motifs is 1. The summed E-state index contributed by atoms with van der Waals surface area (Å²) in [6.45, 7) is 2.55. The number of hydrogen-bond acceptors (Lipinski definition) is 4. The largest absolute Gasteiger partial charge is 0.493 e. The molecule has 6 nitrogen and oxygen atoms in total. The molecule has 6 heteroatoms. The summed E-state index contributed by atoms with van der Waals surface area (Å²) in [5.74, 6) is 1.80. The van der Waals surface area contributed by atoms with Crippen LogP contribution in [0.15, 0.2) is 36.5 Å². The fraction of sp³-hybridized carbons (Fsp3) is 0.318. The van der Waals surface area contributed by atoms with E-state index >= 15 is 0 Å². The van der Waals surface area contributed by atoms with Gasteiger partial charge in [-0.25, -0.2) is 0 Å². The molecule has 2 aromatic carbocycles. The molecule has 0 atom stereocenters. The van der Waals surface area contributed by atoms with Gasteiger partial charge in [-0.3, -0.25) is 4.79 Å². The van der Waals surface area contributed by atoms with Gasteiger partial charge in [0.05, 0.1) is 33.3 Å². The number of benzene rings is 2. The van der Waals surface area contributed by atoms with Gasteiger partial charge in [0.25, 0.3) is 0 Å². The Morgan fingerprint density at radius 3 is 2.46 bits per heavy atom. The highest BCUT2D eigenvalue weighted by Gasteiger charge is 2.19. The van der Waals surface area contributed by atoms with Gasteiger partial charge in [0, 0.05) is 24.2 Å². The zero-order chi connectivity index (χ0) is 20.1. The molecule has 0 radical (unpaired) electrons. The molecule has 1 aromatic heterocycles. The lowest BCUT2D eigenvalue weighted by Gasteiger charge is -2.14. The lowest BCUT2D eigenvalue weighted by atomic mass is 10.1. The molecular formula is C22H26N2O4. The monoisotopic (exact) mass is 382 g/mol. The third-order valence-electron chi connectivity index (χ3n) is 4.88. The first kappa shape index (κ1) is 19.6. The predicted octanol–water partition coefficient (Wildman–Crippen LogP) is 3.40. The van der Waals surface area contributed by atoms with E-state index in [1.54, 1.807) is 21.3 Å². The van der Waals surface area contributed by atoms with E-state index in [2.05, 4.69) is 10.3 Å². The number of hydrogen-bond donors (Lipinski definition) is 2. The van der Waals surface area contributed by atoms with E-state index in [0.717, 1.165) is 27.6 Å². The molecule has 3 rings (SSSR count). The van der Waals surface area contributed by atoms with Crippen molar-refractivity contribution in [3.8, 4) is 17.2 Å². The number of ether oxygens (including phenoxy) is 3. The quantitative estimate of drug-likeness (QED) is 0.626. The highest BCUT2D eigenvalue weighted by molar-refractivity contribution is 5.94. The number of nitrogens with one attached hydrogen (secondary N) is 2. The molecule has 2 N–H and O–H groups in total. The maximum atomic E-state index is 12.3. The van der Waals surface area contributed by atoms with Gasteiger partial charge in [0.1, 0.15) is 0 Å². The number of aromatic nitrogens is 1. The molecule has 28 heavy (non-hydrogen) atoms. The average molecular weight is 382 g/mol. The first-order valence-electron chi connectivity index (χ1n) is 9.19.